The summed E-state index contributed by atoms with van der Waals surface area (Å²) >= 11 is 0. The first-order chi connectivity index (χ1) is 8.35. The highest BCUT2D eigenvalue weighted by molar-refractivity contribution is 5.53. The summed E-state index contributed by atoms with van der Waals surface area (Å²) < 4.78 is 5.27. The number of hydrogen-bond acceptors (Lipinski definition) is 3. The Balaban J connectivity index is 2.10. The van der Waals surface area contributed by atoms with Gasteiger partial charge in [-0.25, -0.2) is 0 Å². The van der Waals surface area contributed by atoms with Gasteiger partial charge in [0.1, 0.15) is 0 Å². The molecule has 0 radical (unpaired) electrons. The zero-order valence-corrected chi connectivity index (χ0v) is 10.6. The van der Waals surface area contributed by atoms with Crippen molar-refractivity contribution in [2.45, 2.75) is 19.4 Å². The molecule has 2 rings (SSSR count). The van der Waals surface area contributed by atoms with Crippen molar-refractivity contribution in [2.75, 3.05) is 31.7 Å². The summed E-state index contributed by atoms with van der Waals surface area (Å²) in [5.41, 5.74) is 8.34. The molecule has 1 aromatic carbocycles. The van der Waals surface area contributed by atoms with E-state index in [0.29, 0.717) is 12.5 Å². The van der Waals surface area contributed by atoms with E-state index in [9.17, 15) is 0 Å². The van der Waals surface area contributed by atoms with E-state index >= 15 is 0 Å². The van der Waals surface area contributed by atoms with Crippen molar-refractivity contribution in [1.29, 1.82) is 0 Å². The minimum atomic E-state index is 0.613. The number of nitrogens with two attached hydrogens (primary N) is 1. The Kier molecular flexibility index (Phi) is 4.40. The zero-order chi connectivity index (χ0) is 12.1. The predicted molar refractivity (Wildman–Crippen MR) is 71.1 cm³/mol. The summed E-state index contributed by atoms with van der Waals surface area (Å²) in [6, 6.07) is 8.45. The molecule has 1 aromatic rings. The van der Waals surface area contributed by atoms with Crippen LogP contribution in [-0.2, 0) is 11.3 Å². The number of ether oxygens (including phenoxy) is 1. The van der Waals surface area contributed by atoms with Gasteiger partial charge in [0.05, 0.1) is 6.61 Å². The van der Waals surface area contributed by atoms with Crippen molar-refractivity contribution in [1.82, 2.24) is 0 Å². The first-order valence-corrected chi connectivity index (χ1v) is 6.37. The molecule has 1 aliphatic heterocycles. The Hall–Kier alpha value is -1.06. The molecule has 1 heterocycles. The molecule has 0 aromatic heterocycles. The maximum atomic E-state index is 5.80. The lowest BCUT2D eigenvalue weighted by molar-refractivity contribution is 0.143. The second-order valence-electron chi connectivity index (χ2n) is 4.74. The Morgan fingerprint density at radius 2 is 2.24 bits per heavy atom. The molecule has 0 bridgehead atoms. The standard InChI is InChI=1S/C14H22N2O/c1-17-11-12-5-4-8-16(10-12)14-7-3-2-6-13(14)9-15/h2-3,6-7,12H,4-5,8-11,15H2,1H3. The molecule has 1 saturated heterocycles. The molecule has 17 heavy (non-hydrogen) atoms. The van der Waals surface area contributed by atoms with Gasteiger partial charge in [0.25, 0.3) is 0 Å². The number of rotatable bonds is 4. The molecule has 0 spiro atoms. The second kappa shape index (κ2) is 6.03. The van der Waals surface area contributed by atoms with E-state index in [1.54, 1.807) is 7.11 Å². The smallest absolute Gasteiger partial charge is 0.0507 e. The van der Waals surface area contributed by atoms with Crippen molar-refractivity contribution in [3.63, 3.8) is 0 Å². The van der Waals surface area contributed by atoms with Crippen molar-refractivity contribution in [3.8, 4) is 0 Å². The molecule has 3 heteroatoms. The van der Waals surface area contributed by atoms with Gasteiger partial charge in [0.15, 0.2) is 0 Å². The third-order valence-corrected chi connectivity index (χ3v) is 3.47. The van der Waals surface area contributed by atoms with Gasteiger partial charge in [-0.3, -0.25) is 0 Å². The van der Waals surface area contributed by atoms with Crippen molar-refractivity contribution >= 4 is 5.69 Å². The maximum Gasteiger partial charge on any atom is 0.0507 e. The molecular formula is C14H22N2O. The normalized spacial score (nSPS) is 20.6. The average Bonchev–Trinajstić information content (AvgIpc) is 2.39. The largest absolute Gasteiger partial charge is 0.384 e. The van der Waals surface area contributed by atoms with Crippen LogP contribution < -0.4 is 10.6 Å². The average molecular weight is 234 g/mol. The number of methoxy groups -OCH3 is 1. The molecule has 2 N–H and O–H groups in total. The van der Waals surface area contributed by atoms with Crippen LogP contribution in [0.4, 0.5) is 5.69 Å². The summed E-state index contributed by atoms with van der Waals surface area (Å²) in [5, 5.41) is 0. The van der Waals surface area contributed by atoms with Gasteiger partial charge >= 0.3 is 0 Å². The molecule has 1 atom stereocenters. The van der Waals surface area contributed by atoms with Gasteiger partial charge in [-0.1, -0.05) is 18.2 Å². The van der Waals surface area contributed by atoms with Crippen molar-refractivity contribution in [3.05, 3.63) is 29.8 Å². The van der Waals surface area contributed by atoms with E-state index in [2.05, 4.69) is 29.2 Å². The number of hydrogen-bond donors (Lipinski definition) is 1. The summed E-state index contributed by atoms with van der Waals surface area (Å²) in [6.07, 6.45) is 2.52. The van der Waals surface area contributed by atoms with Crippen LogP contribution in [0.15, 0.2) is 24.3 Å². The summed E-state index contributed by atoms with van der Waals surface area (Å²) in [4.78, 5) is 2.45. The number of nitrogens with zero attached hydrogens (tertiary/aromatic N) is 1. The SMILES string of the molecule is COCC1CCCN(c2ccccc2CN)C1. The molecule has 0 aliphatic carbocycles. The lowest BCUT2D eigenvalue weighted by atomic mass is 9.97. The van der Waals surface area contributed by atoms with E-state index in [-0.39, 0.29) is 0 Å². The lowest BCUT2D eigenvalue weighted by Gasteiger charge is -2.35. The lowest BCUT2D eigenvalue weighted by Crippen LogP contribution is -2.37. The van der Waals surface area contributed by atoms with Crippen molar-refractivity contribution < 1.29 is 4.74 Å². The van der Waals surface area contributed by atoms with Gasteiger partial charge < -0.3 is 15.4 Å². The van der Waals surface area contributed by atoms with E-state index in [0.717, 1.165) is 19.7 Å². The molecule has 1 aliphatic rings. The Morgan fingerprint density at radius 1 is 1.41 bits per heavy atom. The highest BCUT2D eigenvalue weighted by atomic mass is 16.5. The molecular weight excluding hydrogens is 212 g/mol. The fourth-order valence-electron chi connectivity index (χ4n) is 2.65. The molecule has 1 fully saturated rings. The van der Waals surface area contributed by atoms with E-state index in [1.807, 2.05) is 0 Å². The van der Waals surface area contributed by atoms with E-state index in [4.69, 9.17) is 10.5 Å². The number of para-hydroxylation sites is 1. The Bertz CT molecular complexity index is 352. The minimum Gasteiger partial charge on any atom is -0.384 e. The van der Waals surface area contributed by atoms with Crippen LogP contribution in [0.2, 0.25) is 0 Å². The van der Waals surface area contributed by atoms with Crippen LogP contribution in [0.5, 0.6) is 0 Å². The topological polar surface area (TPSA) is 38.5 Å². The summed E-state index contributed by atoms with van der Waals surface area (Å²) in [5.74, 6) is 0.652. The highest BCUT2D eigenvalue weighted by Crippen LogP contribution is 2.26. The third-order valence-electron chi connectivity index (χ3n) is 3.47. The van der Waals surface area contributed by atoms with Gasteiger partial charge in [0.2, 0.25) is 0 Å². The first-order valence-electron chi connectivity index (χ1n) is 6.37. The predicted octanol–water partition coefficient (Wildman–Crippen LogP) is 2.01. The van der Waals surface area contributed by atoms with Crippen LogP contribution in [-0.4, -0.2) is 26.8 Å². The fraction of sp³-hybridized carbons (Fsp3) is 0.571. The van der Waals surface area contributed by atoms with Crippen LogP contribution in [0.3, 0.4) is 0 Å². The monoisotopic (exact) mass is 234 g/mol. The van der Waals surface area contributed by atoms with E-state index in [1.165, 1.54) is 24.1 Å². The summed E-state index contributed by atoms with van der Waals surface area (Å²) in [7, 11) is 1.78. The quantitative estimate of drug-likeness (QED) is 0.866. The first kappa shape index (κ1) is 12.4. The highest BCUT2D eigenvalue weighted by Gasteiger charge is 2.21. The number of benzene rings is 1. The number of anilines is 1. The second-order valence-corrected chi connectivity index (χ2v) is 4.74. The zero-order valence-electron chi connectivity index (χ0n) is 10.6. The Labute approximate surface area is 104 Å². The number of piperidine rings is 1. The van der Waals surface area contributed by atoms with Crippen LogP contribution >= 0.6 is 0 Å². The Morgan fingerprint density at radius 3 is 3.00 bits per heavy atom. The fourth-order valence-corrected chi connectivity index (χ4v) is 2.65. The maximum absolute atomic E-state index is 5.80. The molecule has 94 valence electrons. The molecule has 3 nitrogen and oxygen atoms in total. The third kappa shape index (κ3) is 2.99. The minimum absolute atomic E-state index is 0.613. The molecule has 0 saturated carbocycles. The van der Waals surface area contributed by atoms with Crippen LogP contribution in [0, 0.1) is 5.92 Å². The van der Waals surface area contributed by atoms with Gasteiger partial charge in [-0.2, -0.15) is 0 Å². The van der Waals surface area contributed by atoms with Gasteiger partial charge in [0, 0.05) is 32.4 Å². The molecule has 0 amide bonds. The van der Waals surface area contributed by atoms with Crippen LogP contribution in [0.25, 0.3) is 0 Å². The van der Waals surface area contributed by atoms with Crippen molar-refractivity contribution in [2.24, 2.45) is 11.7 Å². The van der Waals surface area contributed by atoms with E-state index < -0.39 is 0 Å². The molecule has 1 unspecified atom stereocenters. The summed E-state index contributed by atoms with van der Waals surface area (Å²) in [6.45, 7) is 3.70. The van der Waals surface area contributed by atoms with Gasteiger partial charge in [-0.15, -0.1) is 0 Å². The van der Waals surface area contributed by atoms with Crippen LogP contribution in [0.1, 0.15) is 18.4 Å². The van der Waals surface area contributed by atoms with Gasteiger partial charge in [-0.05, 0) is 30.4 Å².